The lowest BCUT2D eigenvalue weighted by Crippen LogP contribution is -2.18. The van der Waals surface area contributed by atoms with Crippen molar-refractivity contribution >= 4 is 27.8 Å². The lowest BCUT2D eigenvalue weighted by molar-refractivity contribution is 0.780. The van der Waals surface area contributed by atoms with Gasteiger partial charge in [-0.3, -0.25) is 4.57 Å². The van der Waals surface area contributed by atoms with Crippen LogP contribution in [0.4, 0.5) is 5.82 Å². The zero-order valence-corrected chi connectivity index (χ0v) is 12.6. The molecule has 4 aromatic rings. The molecule has 23 heavy (non-hydrogen) atoms. The fourth-order valence-corrected chi connectivity index (χ4v) is 2.91. The van der Waals surface area contributed by atoms with E-state index in [1.165, 1.54) is 0 Å². The van der Waals surface area contributed by atoms with Crippen molar-refractivity contribution in [2.24, 2.45) is 0 Å². The van der Waals surface area contributed by atoms with Crippen molar-refractivity contribution in [3.8, 4) is 0 Å². The second kappa shape index (κ2) is 4.95. The summed E-state index contributed by atoms with van der Waals surface area (Å²) in [6, 6.07) is 14.2. The van der Waals surface area contributed by atoms with Crippen LogP contribution < -0.4 is 11.4 Å². The van der Waals surface area contributed by atoms with E-state index in [1.807, 2.05) is 24.3 Å². The molecule has 0 amide bonds. The molecular weight excluding hydrogens is 290 g/mol. The van der Waals surface area contributed by atoms with E-state index in [9.17, 15) is 4.79 Å². The highest BCUT2D eigenvalue weighted by Gasteiger charge is 2.13. The number of nitrogen functional groups attached to an aromatic ring is 1. The van der Waals surface area contributed by atoms with Gasteiger partial charge in [-0.25, -0.2) is 14.8 Å². The predicted octanol–water partition coefficient (Wildman–Crippen LogP) is 2.21. The minimum absolute atomic E-state index is 0.237. The molecule has 2 aromatic carbocycles. The number of nitrogens with two attached hydrogens (primary N) is 1. The molecule has 0 unspecified atom stereocenters. The van der Waals surface area contributed by atoms with Gasteiger partial charge < -0.3 is 10.7 Å². The molecule has 3 N–H and O–H groups in total. The molecule has 0 bridgehead atoms. The van der Waals surface area contributed by atoms with Crippen molar-refractivity contribution < 1.29 is 0 Å². The van der Waals surface area contributed by atoms with Crippen LogP contribution in [0.2, 0.25) is 0 Å². The van der Waals surface area contributed by atoms with Gasteiger partial charge in [0.2, 0.25) is 0 Å². The molecule has 2 heterocycles. The van der Waals surface area contributed by atoms with Crippen molar-refractivity contribution in [1.82, 2.24) is 19.5 Å². The van der Waals surface area contributed by atoms with Crippen LogP contribution >= 0.6 is 0 Å². The minimum Gasteiger partial charge on any atom is -0.382 e. The maximum Gasteiger partial charge on any atom is 0.328 e. The number of hydrogen-bond donors (Lipinski definition) is 2. The van der Waals surface area contributed by atoms with Crippen molar-refractivity contribution in [2.45, 2.75) is 13.5 Å². The van der Waals surface area contributed by atoms with Crippen LogP contribution in [-0.4, -0.2) is 19.5 Å². The first-order chi connectivity index (χ1) is 11.1. The van der Waals surface area contributed by atoms with Crippen LogP contribution in [0.1, 0.15) is 11.4 Å². The van der Waals surface area contributed by atoms with Crippen molar-refractivity contribution in [2.75, 3.05) is 5.73 Å². The summed E-state index contributed by atoms with van der Waals surface area (Å²) in [7, 11) is 0. The van der Waals surface area contributed by atoms with E-state index < -0.39 is 0 Å². The third kappa shape index (κ3) is 2.15. The van der Waals surface area contributed by atoms with Crippen molar-refractivity contribution in [3.05, 3.63) is 64.3 Å². The van der Waals surface area contributed by atoms with Gasteiger partial charge in [0.1, 0.15) is 11.3 Å². The summed E-state index contributed by atoms with van der Waals surface area (Å²) < 4.78 is 1.60. The summed E-state index contributed by atoms with van der Waals surface area (Å²) in [5.74, 6) is 0.835. The maximum absolute atomic E-state index is 12.3. The largest absolute Gasteiger partial charge is 0.382 e. The Kier molecular flexibility index (Phi) is 2.90. The molecule has 0 fully saturated rings. The SMILES string of the molecule is Cc1nc(N)c2[nH]c(=O)n(Cc3cccc4ccccc34)c2n1. The lowest BCUT2D eigenvalue weighted by Gasteiger charge is -2.08. The van der Waals surface area contributed by atoms with Gasteiger partial charge in [-0.2, -0.15) is 0 Å². The molecule has 6 nitrogen and oxygen atoms in total. The van der Waals surface area contributed by atoms with E-state index in [1.54, 1.807) is 11.5 Å². The van der Waals surface area contributed by atoms with Crippen LogP contribution in [0.15, 0.2) is 47.3 Å². The Balaban J connectivity index is 1.93. The number of aryl methyl sites for hydroxylation is 1. The highest BCUT2D eigenvalue weighted by Crippen LogP contribution is 2.21. The number of hydrogen-bond acceptors (Lipinski definition) is 4. The second-order valence-corrected chi connectivity index (χ2v) is 5.51. The molecular formula is C17H15N5O. The molecule has 0 aliphatic carbocycles. The van der Waals surface area contributed by atoms with E-state index >= 15 is 0 Å². The first-order valence-corrected chi connectivity index (χ1v) is 7.33. The zero-order valence-electron chi connectivity index (χ0n) is 12.6. The molecule has 0 radical (unpaired) electrons. The number of nitrogens with zero attached hydrogens (tertiary/aromatic N) is 3. The minimum atomic E-state index is -0.237. The number of fused-ring (bicyclic) bond motifs is 2. The molecule has 0 saturated heterocycles. The Morgan fingerprint density at radius 1 is 1.13 bits per heavy atom. The molecule has 2 aromatic heterocycles. The first kappa shape index (κ1) is 13.5. The topological polar surface area (TPSA) is 89.6 Å². The van der Waals surface area contributed by atoms with Crippen LogP contribution in [0.3, 0.4) is 0 Å². The molecule has 0 aliphatic rings. The second-order valence-electron chi connectivity index (χ2n) is 5.51. The standard InChI is InChI=1S/C17H15N5O/c1-10-19-15(18)14-16(20-10)22(17(23)21-14)9-12-7-4-6-11-5-2-3-8-13(11)12/h2-8H,9H2,1H3,(H,21,23)(H2,18,19,20). The van der Waals surface area contributed by atoms with Crippen molar-refractivity contribution in [1.29, 1.82) is 0 Å². The van der Waals surface area contributed by atoms with Gasteiger partial charge >= 0.3 is 5.69 Å². The molecule has 4 rings (SSSR count). The van der Waals surface area contributed by atoms with Gasteiger partial charge in [0.05, 0.1) is 6.54 Å². The number of benzene rings is 2. The van der Waals surface area contributed by atoms with Crippen LogP contribution in [0, 0.1) is 6.92 Å². The Morgan fingerprint density at radius 2 is 1.91 bits per heavy atom. The quantitative estimate of drug-likeness (QED) is 0.594. The Morgan fingerprint density at radius 3 is 2.78 bits per heavy atom. The Hall–Kier alpha value is -3.15. The molecule has 6 heteroatoms. The maximum atomic E-state index is 12.3. The molecule has 0 spiro atoms. The summed E-state index contributed by atoms with van der Waals surface area (Å²) in [6.45, 7) is 2.19. The number of H-pyrrole nitrogens is 1. The number of rotatable bonds is 2. The molecule has 0 aliphatic heterocycles. The third-order valence-electron chi connectivity index (χ3n) is 3.97. The average Bonchev–Trinajstić information content (AvgIpc) is 2.85. The van der Waals surface area contributed by atoms with Gasteiger partial charge in [-0.05, 0) is 23.3 Å². The van der Waals surface area contributed by atoms with E-state index in [2.05, 4.69) is 33.2 Å². The predicted molar refractivity (Wildman–Crippen MR) is 90.3 cm³/mol. The van der Waals surface area contributed by atoms with Crippen molar-refractivity contribution in [3.63, 3.8) is 0 Å². The fraction of sp³-hybridized carbons (Fsp3) is 0.118. The van der Waals surface area contributed by atoms with E-state index in [0.29, 0.717) is 29.4 Å². The highest BCUT2D eigenvalue weighted by molar-refractivity contribution is 5.86. The van der Waals surface area contributed by atoms with Gasteiger partial charge in [-0.1, -0.05) is 42.5 Å². The number of nitrogens with one attached hydrogen (secondary N) is 1. The molecule has 0 atom stereocenters. The fourth-order valence-electron chi connectivity index (χ4n) is 2.91. The van der Waals surface area contributed by atoms with Gasteiger partial charge in [-0.15, -0.1) is 0 Å². The third-order valence-corrected chi connectivity index (χ3v) is 3.97. The monoisotopic (exact) mass is 305 g/mol. The molecule has 114 valence electrons. The number of anilines is 1. The van der Waals surface area contributed by atoms with Crippen LogP contribution in [-0.2, 0) is 6.54 Å². The normalized spacial score (nSPS) is 11.3. The smallest absolute Gasteiger partial charge is 0.328 e. The van der Waals surface area contributed by atoms with Gasteiger partial charge in [0.25, 0.3) is 0 Å². The average molecular weight is 305 g/mol. The summed E-state index contributed by atoms with van der Waals surface area (Å²) >= 11 is 0. The summed E-state index contributed by atoms with van der Waals surface area (Å²) in [6.07, 6.45) is 0. The lowest BCUT2D eigenvalue weighted by atomic mass is 10.0. The van der Waals surface area contributed by atoms with E-state index in [4.69, 9.17) is 5.73 Å². The Labute approximate surface area is 131 Å². The van der Waals surface area contributed by atoms with Gasteiger partial charge in [0.15, 0.2) is 11.5 Å². The van der Waals surface area contributed by atoms with Gasteiger partial charge in [0, 0.05) is 0 Å². The molecule has 0 saturated carbocycles. The Bertz CT molecular complexity index is 1090. The number of aromatic nitrogens is 4. The summed E-state index contributed by atoms with van der Waals surface area (Å²) in [4.78, 5) is 23.5. The highest BCUT2D eigenvalue weighted by atomic mass is 16.1. The summed E-state index contributed by atoms with van der Waals surface area (Å²) in [5.41, 5.74) is 7.73. The number of aromatic amines is 1. The van der Waals surface area contributed by atoms with Crippen LogP contribution in [0.5, 0.6) is 0 Å². The number of imidazole rings is 1. The first-order valence-electron chi connectivity index (χ1n) is 7.33. The van der Waals surface area contributed by atoms with E-state index in [-0.39, 0.29) is 5.69 Å². The van der Waals surface area contributed by atoms with Crippen LogP contribution in [0.25, 0.3) is 21.9 Å². The van der Waals surface area contributed by atoms with E-state index in [0.717, 1.165) is 16.3 Å². The summed E-state index contributed by atoms with van der Waals surface area (Å²) in [5, 5.41) is 2.26. The zero-order chi connectivity index (χ0) is 16.0.